The number of amides is 1. The Bertz CT molecular complexity index is 555. The van der Waals surface area contributed by atoms with Gasteiger partial charge in [0.15, 0.2) is 0 Å². The van der Waals surface area contributed by atoms with Crippen molar-refractivity contribution in [3.05, 3.63) is 42.2 Å². The molecule has 1 aliphatic carbocycles. The SMILES string of the molecule is O=C(C1CC=CCC1)N(CCCN1CCOCC1)Cc1ccncc1. The van der Waals surface area contributed by atoms with Gasteiger partial charge in [0.1, 0.15) is 0 Å². The van der Waals surface area contributed by atoms with Gasteiger partial charge in [-0.1, -0.05) is 12.2 Å². The van der Waals surface area contributed by atoms with Crippen molar-refractivity contribution in [2.45, 2.75) is 32.2 Å². The number of carbonyl (C=O) groups excluding carboxylic acids is 1. The van der Waals surface area contributed by atoms with E-state index in [4.69, 9.17) is 4.74 Å². The van der Waals surface area contributed by atoms with Gasteiger partial charge in [-0.2, -0.15) is 0 Å². The summed E-state index contributed by atoms with van der Waals surface area (Å²) in [5.74, 6) is 0.457. The summed E-state index contributed by atoms with van der Waals surface area (Å²) in [4.78, 5) is 21.6. The summed E-state index contributed by atoms with van der Waals surface area (Å²) < 4.78 is 5.41. The van der Waals surface area contributed by atoms with Crippen molar-refractivity contribution in [1.82, 2.24) is 14.8 Å². The molecule has 25 heavy (non-hydrogen) atoms. The summed E-state index contributed by atoms with van der Waals surface area (Å²) in [6.45, 7) is 6.21. The number of ether oxygens (including phenoxy) is 1. The topological polar surface area (TPSA) is 45.7 Å². The van der Waals surface area contributed by atoms with Crippen LogP contribution in [-0.2, 0) is 16.1 Å². The molecule has 1 aromatic heterocycles. The standard InChI is InChI=1S/C20H29N3O2/c24-20(19-5-2-1-3-6-19)23(17-18-7-9-21-10-8-18)12-4-11-22-13-15-25-16-14-22/h1-2,7-10,19H,3-6,11-17H2. The minimum Gasteiger partial charge on any atom is -0.379 e. The van der Waals surface area contributed by atoms with Gasteiger partial charge in [0, 0.05) is 51.0 Å². The highest BCUT2D eigenvalue weighted by molar-refractivity contribution is 5.79. The second-order valence-electron chi connectivity index (χ2n) is 6.90. The van der Waals surface area contributed by atoms with Crippen molar-refractivity contribution in [3.63, 3.8) is 0 Å². The fourth-order valence-electron chi connectivity index (χ4n) is 3.56. The molecule has 1 aliphatic heterocycles. The van der Waals surface area contributed by atoms with Gasteiger partial charge in [-0.05, 0) is 43.4 Å². The second-order valence-corrected chi connectivity index (χ2v) is 6.90. The van der Waals surface area contributed by atoms with Crippen LogP contribution in [0, 0.1) is 5.92 Å². The molecule has 0 N–H and O–H groups in total. The Kier molecular flexibility index (Phi) is 7.00. The lowest BCUT2D eigenvalue weighted by Gasteiger charge is -2.30. The molecule has 0 radical (unpaired) electrons. The largest absolute Gasteiger partial charge is 0.379 e. The van der Waals surface area contributed by atoms with Crippen molar-refractivity contribution in [1.29, 1.82) is 0 Å². The van der Waals surface area contributed by atoms with E-state index in [0.29, 0.717) is 12.5 Å². The van der Waals surface area contributed by atoms with Crippen molar-refractivity contribution < 1.29 is 9.53 Å². The minimum absolute atomic E-state index is 0.148. The summed E-state index contributed by atoms with van der Waals surface area (Å²) >= 11 is 0. The number of rotatable bonds is 7. The summed E-state index contributed by atoms with van der Waals surface area (Å²) in [6, 6.07) is 4.01. The lowest BCUT2D eigenvalue weighted by atomic mass is 9.93. The van der Waals surface area contributed by atoms with E-state index in [1.54, 1.807) is 12.4 Å². The van der Waals surface area contributed by atoms with E-state index < -0.39 is 0 Å². The quantitative estimate of drug-likeness (QED) is 0.714. The summed E-state index contributed by atoms with van der Waals surface area (Å²) in [5.41, 5.74) is 1.15. The monoisotopic (exact) mass is 343 g/mol. The normalized spacial score (nSPS) is 21.2. The first kappa shape index (κ1) is 18.1. The van der Waals surface area contributed by atoms with Crippen molar-refractivity contribution >= 4 is 5.91 Å². The average molecular weight is 343 g/mol. The lowest BCUT2D eigenvalue weighted by Crippen LogP contribution is -2.40. The first-order chi connectivity index (χ1) is 12.3. The average Bonchev–Trinajstić information content (AvgIpc) is 2.69. The predicted molar refractivity (Wildman–Crippen MR) is 98.0 cm³/mol. The molecule has 5 nitrogen and oxygen atoms in total. The maximum Gasteiger partial charge on any atom is 0.226 e. The van der Waals surface area contributed by atoms with E-state index in [2.05, 4.69) is 26.9 Å². The molecule has 0 bridgehead atoms. The van der Waals surface area contributed by atoms with Crippen LogP contribution in [-0.4, -0.2) is 60.1 Å². The fourth-order valence-corrected chi connectivity index (χ4v) is 3.56. The molecule has 5 heteroatoms. The highest BCUT2D eigenvalue weighted by Gasteiger charge is 2.24. The summed E-state index contributed by atoms with van der Waals surface area (Å²) in [5, 5.41) is 0. The third kappa shape index (κ3) is 5.65. The third-order valence-electron chi connectivity index (χ3n) is 5.06. The molecular weight excluding hydrogens is 314 g/mol. The molecule has 3 rings (SSSR count). The smallest absolute Gasteiger partial charge is 0.226 e. The van der Waals surface area contributed by atoms with Crippen LogP contribution in [0.15, 0.2) is 36.7 Å². The van der Waals surface area contributed by atoms with E-state index >= 15 is 0 Å². The first-order valence-corrected chi connectivity index (χ1v) is 9.46. The third-order valence-corrected chi connectivity index (χ3v) is 5.06. The van der Waals surface area contributed by atoms with E-state index in [1.807, 2.05) is 12.1 Å². The van der Waals surface area contributed by atoms with Crippen LogP contribution in [0.3, 0.4) is 0 Å². The molecule has 1 amide bonds. The maximum absolute atomic E-state index is 13.0. The predicted octanol–water partition coefficient (Wildman–Crippen LogP) is 2.49. The molecule has 2 heterocycles. The number of hydrogen-bond acceptors (Lipinski definition) is 4. The highest BCUT2D eigenvalue weighted by Crippen LogP contribution is 2.22. The Hall–Kier alpha value is -1.72. The number of morpholine rings is 1. The zero-order valence-corrected chi connectivity index (χ0v) is 15.0. The van der Waals surface area contributed by atoms with Crippen LogP contribution >= 0.6 is 0 Å². The number of nitrogens with zero attached hydrogens (tertiary/aromatic N) is 3. The Morgan fingerprint density at radius 2 is 2.04 bits per heavy atom. The molecule has 136 valence electrons. The Morgan fingerprint density at radius 1 is 1.24 bits per heavy atom. The van der Waals surface area contributed by atoms with Crippen molar-refractivity contribution in [2.24, 2.45) is 5.92 Å². The number of pyridine rings is 1. The van der Waals surface area contributed by atoms with Gasteiger partial charge in [-0.25, -0.2) is 0 Å². The van der Waals surface area contributed by atoms with Crippen LogP contribution in [0.1, 0.15) is 31.2 Å². The number of aromatic nitrogens is 1. The Balaban J connectivity index is 1.57. The molecular formula is C20H29N3O2. The van der Waals surface area contributed by atoms with Crippen LogP contribution in [0.4, 0.5) is 0 Å². The lowest BCUT2D eigenvalue weighted by molar-refractivity contribution is -0.136. The van der Waals surface area contributed by atoms with Gasteiger partial charge in [-0.3, -0.25) is 14.7 Å². The van der Waals surface area contributed by atoms with E-state index in [1.165, 1.54) is 0 Å². The van der Waals surface area contributed by atoms with Gasteiger partial charge in [0.2, 0.25) is 5.91 Å². The molecule has 2 aliphatic rings. The van der Waals surface area contributed by atoms with Gasteiger partial charge in [-0.15, -0.1) is 0 Å². The molecule has 0 saturated carbocycles. The minimum atomic E-state index is 0.148. The van der Waals surface area contributed by atoms with Crippen molar-refractivity contribution in [2.75, 3.05) is 39.4 Å². The summed E-state index contributed by atoms with van der Waals surface area (Å²) in [7, 11) is 0. The Morgan fingerprint density at radius 3 is 2.76 bits per heavy atom. The van der Waals surface area contributed by atoms with Gasteiger partial charge >= 0.3 is 0 Å². The van der Waals surface area contributed by atoms with Crippen LogP contribution in [0.5, 0.6) is 0 Å². The molecule has 1 atom stereocenters. The number of allylic oxidation sites excluding steroid dienone is 2. The van der Waals surface area contributed by atoms with Gasteiger partial charge < -0.3 is 9.64 Å². The van der Waals surface area contributed by atoms with Crippen LogP contribution in [0.25, 0.3) is 0 Å². The van der Waals surface area contributed by atoms with Gasteiger partial charge in [0.05, 0.1) is 13.2 Å². The number of carbonyl (C=O) groups is 1. The molecule has 0 spiro atoms. The second kappa shape index (κ2) is 9.68. The molecule has 1 saturated heterocycles. The van der Waals surface area contributed by atoms with Gasteiger partial charge in [0.25, 0.3) is 0 Å². The molecule has 1 unspecified atom stereocenters. The Labute approximate surface area is 150 Å². The number of hydrogen-bond donors (Lipinski definition) is 0. The first-order valence-electron chi connectivity index (χ1n) is 9.46. The van der Waals surface area contributed by atoms with Crippen LogP contribution in [0.2, 0.25) is 0 Å². The maximum atomic E-state index is 13.0. The zero-order chi connectivity index (χ0) is 17.3. The highest BCUT2D eigenvalue weighted by atomic mass is 16.5. The van der Waals surface area contributed by atoms with E-state index in [-0.39, 0.29) is 5.92 Å². The molecule has 0 aromatic carbocycles. The van der Waals surface area contributed by atoms with E-state index in [0.717, 1.165) is 70.6 Å². The van der Waals surface area contributed by atoms with Crippen molar-refractivity contribution in [3.8, 4) is 0 Å². The molecule has 1 fully saturated rings. The molecule has 1 aromatic rings. The fraction of sp³-hybridized carbons (Fsp3) is 0.600. The van der Waals surface area contributed by atoms with Crippen LogP contribution < -0.4 is 0 Å². The zero-order valence-electron chi connectivity index (χ0n) is 15.0. The summed E-state index contributed by atoms with van der Waals surface area (Å²) in [6.07, 6.45) is 11.8. The van der Waals surface area contributed by atoms with E-state index in [9.17, 15) is 4.79 Å².